The summed E-state index contributed by atoms with van der Waals surface area (Å²) in [6.45, 7) is 0. The summed E-state index contributed by atoms with van der Waals surface area (Å²) in [7, 11) is 3.96. The fourth-order valence-electron chi connectivity index (χ4n) is 1.45. The van der Waals surface area contributed by atoms with E-state index in [9.17, 15) is 4.39 Å². The first-order chi connectivity index (χ1) is 8.15. The minimum absolute atomic E-state index is 0.264. The topological polar surface area (TPSA) is 12.5 Å². The van der Waals surface area contributed by atoms with Gasteiger partial charge in [-0.15, -0.1) is 0 Å². The van der Waals surface area contributed by atoms with E-state index >= 15 is 0 Å². The summed E-state index contributed by atoms with van der Waals surface area (Å²) in [5.74, 6) is 1.10. The van der Waals surface area contributed by atoms with E-state index in [1.54, 1.807) is 12.1 Å². The van der Waals surface area contributed by atoms with Gasteiger partial charge in [0, 0.05) is 19.8 Å². The minimum Gasteiger partial charge on any atom is -0.457 e. The van der Waals surface area contributed by atoms with Crippen LogP contribution in [0.25, 0.3) is 0 Å². The van der Waals surface area contributed by atoms with E-state index < -0.39 is 0 Å². The average molecular weight is 231 g/mol. The summed E-state index contributed by atoms with van der Waals surface area (Å²) in [6, 6.07) is 13.7. The third-order valence-corrected chi connectivity index (χ3v) is 2.40. The van der Waals surface area contributed by atoms with Gasteiger partial charge in [-0.25, -0.2) is 4.39 Å². The third kappa shape index (κ3) is 2.97. The number of benzene rings is 2. The standard InChI is InChI=1S/C14H14FNO/c1-16(2)12-5-9-14(10-6-12)17-13-7-3-11(15)4-8-13/h3-10H,1-2H3. The van der Waals surface area contributed by atoms with Crippen molar-refractivity contribution in [3.63, 3.8) is 0 Å². The molecule has 0 saturated heterocycles. The van der Waals surface area contributed by atoms with Crippen molar-refractivity contribution in [3.8, 4) is 11.5 Å². The third-order valence-electron chi connectivity index (χ3n) is 2.40. The predicted octanol–water partition coefficient (Wildman–Crippen LogP) is 3.68. The van der Waals surface area contributed by atoms with Crippen LogP contribution < -0.4 is 9.64 Å². The summed E-state index contributed by atoms with van der Waals surface area (Å²) in [5.41, 5.74) is 1.11. The Morgan fingerprint density at radius 3 is 1.76 bits per heavy atom. The lowest BCUT2D eigenvalue weighted by Crippen LogP contribution is -2.07. The van der Waals surface area contributed by atoms with Crippen LogP contribution >= 0.6 is 0 Å². The first-order valence-electron chi connectivity index (χ1n) is 5.36. The molecule has 2 aromatic carbocycles. The summed E-state index contributed by atoms with van der Waals surface area (Å²) in [4.78, 5) is 2.02. The van der Waals surface area contributed by atoms with Gasteiger partial charge in [0.05, 0.1) is 0 Å². The van der Waals surface area contributed by atoms with Crippen LogP contribution in [0.1, 0.15) is 0 Å². The Morgan fingerprint density at radius 1 is 0.824 bits per heavy atom. The lowest BCUT2D eigenvalue weighted by Gasteiger charge is -2.13. The normalized spacial score (nSPS) is 10.1. The first kappa shape index (κ1) is 11.5. The predicted molar refractivity (Wildman–Crippen MR) is 67.2 cm³/mol. The lowest BCUT2D eigenvalue weighted by atomic mass is 10.3. The van der Waals surface area contributed by atoms with Crippen molar-refractivity contribution in [1.29, 1.82) is 0 Å². The Balaban J connectivity index is 2.11. The average Bonchev–Trinajstić information content (AvgIpc) is 2.33. The number of hydrogen-bond donors (Lipinski definition) is 0. The molecule has 0 heterocycles. The highest BCUT2D eigenvalue weighted by Gasteiger charge is 1.99. The van der Waals surface area contributed by atoms with Gasteiger partial charge in [-0.05, 0) is 48.5 Å². The molecule has 0 aliphatic rings. The van der Waals surface area contributed by atoms with Crippen molar-refractivity contribution in [2.24, 2.45) is 0 Å². The van der Waals surface area contributed by atoms with Crippen LogP contribution in [0.2, 0.25) is 0 Å². The van der Waals surface area contributed by atoms with Crippen molar-refractivity contribution in [2.45, 2.75) is 0 Å². The molecule has 17 heavy (non-hydrogen) atoms. The van der Waals surface area contributed by atoms with E-state index in [-0.39, 0.29) is 5.82 Å². The zero-order chi connectivity index (χ0) is 12.3. The Morgan fingerprint density at radius 2 is 1.29 bits per heavy atom. The lowest BCUT2D eigenvalue weighted by molar-refractivity contribution is 0.480. The maximum atomic E-state index is 12.7. The van der Waals surface area contributed by atoms with Gasteiger partial charge < -0.3 is 9.64 Å². The monoisotopic (exact) mass is 231 g/mol. The maximum absolute atomic E-state index is 12.7. The second kappa shape index (κ2) is 4.87. The van der Waals surface area contributed by atoms with Crippen LogP contribution in [0, 0.1) is 5.82 Å². The van der Waals surface area contributed by atoms with Crippen LogP contribution in [0.3, 0.4) is 0 Å². The molecule has 0 amide bonds. The highest BCUT2D eigenvalue weighted by molar-refractivity contribution is 5.48. The molecule has 0 fully saturated rings. The van der Waals surface area contributed by atoms with Crippen LogP contribution in [-0.2, 0) is 0 Å². The largest absolute Gasteiger partial charge is 0.457 e. The Hall–Kier alpha value is -2.03. The van der Waals surface area contributed by atoms with Crippen molar-refractivity contribution in [3.05, 3.63) is 54.3 Å². The summed E-state index contributed by atoms with van der Waals surface area (Å²) < 4.78 is 18.3. The molecule has 0 bridgehead atoms. The molecule has 0 atom stereocenters. The molecular formula is C14H14FNO. The van der Waals surface area contributed by atoms with Gasteiger partial charge in [0.25, 0.3) is 0 Å². The van der Waals surface area contributed by atoms with Crippen molar-refractivity contribution in [1.82, 2.24) is 0 Å². The van der Waals surface area contributed by atoms with Crippen LogP contribution in [0.4, 0.5) is 10.1 Å². The van der Waals surface area contributed by atoms with Gasteiger partial charge in [0.1, 0.15) is 17.3 Å². The molecule has 0 aromatic heterocycles. The second-order valence-electron chi connectivity index (χ2n) is 3.94. The van der Waals surface area contributed by atoms with E-state index in [1.165, 1.54) is 12.1 Å². The van der Waals surface area contributed by atoms with Crippen LogP contribution in [-0.4, -0.2) is 14.1 Å². The fraction of sp³-hybridized carbons (Fsp3) is 0.143. The van der Waals surface area contributed by atoms with Crippen molar-refractivity contribution >= 4 is 5.69 Å². The van der Waals surface area contributed by atoms with Gasteiger partial charge in [-0.3, -0.25) is 0 Å². The Bertz CT molecular complexity index is 477. The molecular weight excluding hydrogens is 217 g/mol. The summed E-state index contributed by atoms with van der Waals surface area (Å²) >= 11 is 0. The number of nitrogens with zero attached hydrogens (tertiary/aromatic N) is 1. The molecule has 0 spiro atoms. The molecule has 0 aliphatic carbocycles. The Kier molecular flexibility index (Phi) is 3.28. The van der Waals surface area contributed by atoms with Crippen molar-refractivity contribution in [2.75, 3.05) is 19.0 Å². The van der Waals surface area contributed by atoms with Gasteiger partial charge >= 0.3 is 0 Å². The molecule has 0 N–H and O–H groups in total. The summed E-state index contributed by atoms with van der Waals surface area (Å²) in [6.07, 6.45) is 0. The number of anilines is 1. The summed E-state index contributed by atoms with van der Waals surface area (Å²) in [5, 5.41) is 0. The van der Waals surface area contributed by atoms with E-state index in [0.717, 1.165) is 11.4 Å². The number of hydrogen-bond acceptors (Lipinski definition) is 2. The van der Waals surface area contributed by atoms with Gasteiger partial charge in [0.15, 0.2) is 0 Å². The minimum atomic E-state index is -0.264. The zero-order valence-electron chi connectivity index (χ0n) is 9.85. The SMILES string of the molecule is CN(C)c1ccc(Oc2ccc(F)cc2)cc1. The van der Waals surface area contributed by atoms with Crippen LogP contribution in [0.5, 0.6) is 11.5 Å². The number of halogens is 1. The first-order valence-corrected chi connectivity index (χ1v) is 5.36. The Labute approximate surface area is 100 Å². The van der Waals surface area contributed by atoms with Gasteiger partial charge in [-0.2, -0.15) is 0 Å². The van der Waals surface area contributed by atoms with E-state index in [4.69, 9.17) is 4.74 Å². The van der Waals surface area contributed by atoms with Crippen molar-refractivity contribution < 1.29 is 9.13 Å². The zero-order valence-corrected chi connectivity index (χ0v) is 9.85. The molecule has 2 rings (SSSR count). The number of ether oxygens (including phenoxy) is 1. The molecule has 3 heteroatoms. The molecule has 0 aliphatic heterocycles. The van der Waals surface area contributed by atoms with Gasteiger partial charge in [-0.1, -0.05) is 0 Å². The smallest absolute Gasteiger partial charge is 0.127 e. The molecule has 0 unspecified atom stereocenters. The highest BCUT2D eigenvalue weighted by Crippen LogP contribution is 2.23. The fourth-order valence-corrected chi connectivity index (χ4v) is 1.45. The van der Waals surface area contributed by atoms with Crippen LogP contribution in [0.15, 0.2) is 48.5 Å². The highest BCUT2D eigenvalue weighted by atomic mass is 19.1. The van der Waals surface area contributed by atoms with Gasteiger partial charge in [0.2, 0.25) is 0 Å². The van der Waals surface area contributed by atoms with E-state index in [0.29, 0.717) is 5.75 Å². The molecule has 0 radical (unpaired) electrons. The molecule has 2 aromatic rings. The maximum Gasteiger partial charge on any atom is 0.127 e. The van der Waals surface area contributed by atoms with E-state index in [2.05, 4.69) is 0 Å². The molecule has 2 nitrogen and oxygen atoms in total. The molecule has 88 valence electrons. The second-order valence-corrected chi connectivity index (χ2v) is 3.94. The number of rotatable bonds is 3. The molecule has 0 saturated carbocycles. The van der Waals surface area contributed by atoms with E-state index in [1.807, 2.05) is 43.3 Å². The quantitative estimate of drug-likeness (QED) is 0.798.